The topological polar surface area (TPSA) is 23.5 Å². The molecule has 1 aliphatic heterocycles. The van der Waals surface area contributed by atoms with Crippen molar-refractivity contribution in [3.05, 3.63) is 29.8 Å². The highest BCUT2D eigenvalue weighted by Gasteiger charge is 2.17. The Labute approximate surface area is 104 Å². The van der Waals surface area contributed by atoms with E-state index in [0.29, 0.717) is 6.04 Å². The summed E-state index contributed by atoms with van der Waals surface area (Å²) in [5.41, 5.74) is 2.29. The van der Waals surface area contributed by atoms with Gasteiger partial charge in [0.05, 0.1) is 6.10 Å². The normalized spacial score (nSPS) is 23.2. The molecule has 0 aliphatic carbocycles. The summed E-state index contributed by atoms with van der Waals surface area (Å²) >= 11 is 0. The van der Waals surface area contributed by atoms with Gasteiger partial charge in [-0.15, -0.1) is 0 Å². The largest absolute Gasteiger partial charge is 0.389 e. The Bertz CT molecular complexity index is 344. The standard InChI is InChI=1S/C15H23NO/c1-12-6-4-3-5-11-16(12)15-9-7-14(8-10-15)13(2)17/h7-10,12-13,17H,3-6,11H2,1-2H3/t12?,13-/m1/s1. The van der Waals surface area contributed by atoms with Crippen molar-refractivity contribution in [3.63, 3.8) is 0 Å². The third kappa shape index (κ3) is 3.01. The lowest BCUT2D eigenvalue weighted by atomic mass is 10.1. The number of aliphatic hydroxyl groups is 1. The van der Waals surface area contributed by atoms with Crippen LogP contribution in [0.4, 0.5) is 5.69 Å². The van der Waals surface area contributed by atoms with Crippen molar-refractivity contribution in [3.8, 4) is 0 Å². The molecule has 0 spiro atoms. The van der Waals surface area contributed by atoms with Crippen molar-refractivity contribution in [2.75, 3.05) is 11.4 Å². The van der Waals surface area contributed by atoms with Gasteiger partial charge < -0.3 is 10.0 Å². The molecule has 1 aromatic rings. The van der Waals surface area contributed by atoms with Crippen molar-refractivity contribution in [2.45, 2.75) is 51.7 Å². The van der Waals surface area contributed by atoms with Crippen molar-refractivity contribution in [2.24, 2.45) is 0 Å². The minimum absolute atomic E-state index is 0.370. The second kappa shape index (κ2) is 5.54. The molecule has 2 atom stereocenters. The fraction of sp³-hybridized carbons (Fsp3) is 0.600. The maximum atomic E-state index is 9.51. The highest BCUT2D eigenvalue weighted by molar-refractivity contribution is 5.48. The Hall–Kier alpha value is -1.02. The zero-order valence-electron chi connectivity index (χ0n) is 10.9. The maximum Gasteiger partial charge on any atom is 0.0761 e. The van der Waals surface area contributed by atoms with E-state index < -0.39 is 0 Å². The summed E-state index contributed by atoms with van der Waals surface area (Å²) in [6.07, 6.45) is 4.92. The van der Waals surface area contributed by atoms with Gasteiger partial charge in [0.1, 0.15) is 0 Å². The second-order valence-electron chi connectivity index (χ2n) is 5.16. The summed E-state index contributed by atoms with van der Waals surface area (Å²) in [5.74, 6) is 0. The van der Waals surface area contributed by atoms with Crippen LogP contribution in [0.15, 0.2) is 24.3 Å². The molecule has 1 saturated heterocycles. The van der Waals surface area contributed by atoms with Gasteiger partial charge in [-0.3, -0.25) is 0 Å². The van der Waals surface area contributed by atoms with E-state index in [1.54, 1.807) is 0 Å². The Balaban J connectivity index is 2.14. The molecule has 0 amide bonds. The summed E-state index contributed by atoms with van der Waals surface area (Å²) < 4.78 is 0. The van der Waals surface area contributed by atoms with Crippen LogP contribution in [-0.4, -0.2) is 17.7 Å². The van der Waals surface area contributed by atoms with E-state index in [4.69, 9.17) is 0 Å². The van der Waals surface area contributed by atoms with Crippen LogP contribution in [0.25, 0.3) is 0 Å². The van der Waals surface area contributed by atoms with E-state index in [0.717, 1.165) is 12.1 Å². The number of rotatable bonds is 2. The van der Waals surface area contributed by atoms with E-state index >= 15 is 0 Å². The summed E-state index contributed by atoms with van der Waals surface area (Å²) in [5, 5.41) is 9.51. The first-order valence-electron chi connectivity index (χ1n) is 6.73. The first-order chi connectivity index (χ1) is 8.18. The molecule has 0 radical (unpaired) electrons. The van der Waals surface area contributed by atoms with E-state index in [1.165, 1.54) is 31.4 Å². The highest BCUT2D eigenvalue weighted by atomic mass is 16.3. The molecule has 1 heterocycles. The molecule has 2 rings (SSSR count). The van der Waals surface area contributed by atoms with Crippen LogP contribution in [0.2, 0.25) is 0 Å². The molecule has 2 heteroatoms. The number of hydrogen-bond acceptors (Lipinski definition) is 2. The van der Waals surface area contributed by atoms with Crippen LogP contribution in [-0.2, 0) is 0 Å². The van der Waals surface area contributed by atoms with Gasteiger partial charge in [-0.05, 0) is 44.4 Å². The molecule has 0 aromatic heterocycles. The fourth-order valence-corrected chi connectivity index (χ4v) is 2.60. The lowest BCUT2D eigenvalue weighted by Crippen LogP contribution is -2.32. The minimum atomic E-state index is -0.370. The first-order valence-corrected chi connectivity index (χ1v) is 6.73. The van der Waals surface area contributed by atoms with Crippen molar-refractivity contribution in [1.82, 2.24) is 0 Å². The molecular weight excluding hydrogens is 210 g/mol. The summed E-state index contributed by atoms with van der Waals surface area (Å²) in [4.78, 5) is 2.50. The molecule has 1 fully saturated rings. The lowest BCUT2D eigenvalue weighted by molar-refractivity contribution is 0.199. The molecule has 1 aromatic carbocycles. The van der Waals surface area contributed by atoms with Gasteiger partial charge in [-0.25, -0.2) is 0 Å². The number of benzene rings is 1. The Morgan fingerprint density at radius 1 is 1.18 bits per heavy atom. The monoisotopic (exact) mass is 233 g/mol. The second-order valence-corrected chi connectivity index (χ2v) is 5.16. The van der Waals surface area contributed by atoms with Crippen LogP contribution in [0.1, 0.15) is 51.2 Å². The van der Waals surface area contributed by atoms with Crippen molar-refractivity contribution >= 4 is 5.69 Å². The first kappa shape index (κ1) is 12.4. The van der Waals surface area contributed by atoms with E-state index in [1.807, 2.05) is 19.1 Å². The molecular formula is C15H23NO. The average molecular weight is 233 g/mol. The highest BCUT2D eigenvalue weighted by Crippen LogP contribution is 2.25. The summed E-state index contributed by atoms with van der Waals surface area (Å²) in [7, 11) is 0. The van der Waals surface area contributed by atoms with Gasteiger partial charge in [0.15, 0.2) is 0 Å². The summed E-state index contributed by atoms with van der Waals surface area (Å²) in [6, 6.07) is 9.00. The Kier molecular flexibility index (Phi) is 4.06. The smallest absolute Gasteiger partial charge is 0.0761 e. The maximum absolute atomic E-state index is 9.51. The molecule has 1 N–H and O–H groups in total. The van der Waals surface area contributed by atoms with Gasteiger partial charge in [0.25, 0.3) is 0 Å². The fourth-order valence-electron chi connectivity index (χ4n) is 2.60. The minimum Gasteiger partial charge on any atom is -0.389 e. The lowest BCUT2D eigenvalue weighted by Gasteiger charge is -2.29. The number of nitrogens with zero attached hydrogens (tertiary/aromatic N) is 1. The SMILES string of the molecule is CC1CCCCCN1c1ccc([C@@H](C)O)cc1. The van der Waals surface area contributed by atoms with Crippen LogP contribution < -0.4 is 4.90 Å². The van der Waals surface area contributed by atoms with Gasteiger partial charge in [-0.1, -0.05) is 25.0 Å². The third-order valence-electron chi connectivity index (χ3n) is 3.76. The number of aliphatic hydroxyl groups excluding tert-OH is 1. The zero-order valence-corrected chi connectivity index (χ0v) is 10.9. The summed E-state index contributed by atoms with van der Waals surface area (Å²) in [6.45, 7) is 5.28. The zero-order chi connectivity index (χ0) is 12.3. The predicted molar refractivity (Wildman–Crippen MR) is 72.4 cm³/mol. The van der Waals surface area contributed by atoms with Crippen molar-refractivity contribution < 1.29 is 5.11 Å². The van der Waals surface area contributed by atoms with Crippen LogP contribution in [0.3, 0.4) is 0 Å². The molecule has 1 aliphatic rings. The molecule has 94 valence electrons. The van der Waals surface area contributed by atoms with E-state index in [-0.39, 0.29) is 6.10 Å². The predicted octanol–water partition coefficient (Wildman–Crippen LogP) is 3.51. The third-order valence-corrected chi connectivity index (χ3v) is 3.76. The molecule has 0 saturated carbocycles. The van der Waals surface area contributed by atoms with Crippen LogP contribution in [0, 0.1) is 0 Å². The Morgan fingerprint density at radius 2 is 1.88 bits per heavy atom. The van der Waals surface area contributed by atoms with Crippen LogP contribution in [0.5, 0.6) is 0 Å². The molecule has 2 nitrogen and oxygen atoms in total. The van der Waals surface area contributed by atoms with E-state index in [2.05, 4.69) is 24.0 Å². The number of hydrogen-bond donors (Lipinski definition) is 1. The van der Waals surface area contributed by atoms with Gasteiger partial charge in [-0.2, -0.15) is 0 Å². The Morgan fingerprint density at radius 3 is 2.53 bits per heavy atom. The van der Waals surface area contributed by atoms with Crippen molar-refractivity contribution in [1.29, 1.82) is 0 Å². The van der Waals surface area contributed by atoms with Gasteiger partial charge >= 0.3 is 0 Å². The average Bonchev–Trinajstić information content (AvgIpc) is 2.54. The molecule has 1 unspecified atom stereocenters. The quantitative estimate of drug-likeness (QED) is 0.845. The van der Waals surface area contributed by atoms with Crippen LogP contribution >= 0.6 is 0 Å². The number of anilines is 1. The van der Waals surface area contributed by atoms with E-state index in [9.17, 15) is 5.11 Å². The molecule has 0 bridgehead atoms. The van der Waals surface area contributed by atoms with Gasteiger partial charge in [0, 0.05) is 18.3 Å². The van der Waals surface area contributed by atoms with Gasteiger partial charge in [0.2, 0.25) is 0 Å². The molecule has 17 heavy (non-hydrogen) atoms.